The second-order valence-electron chi connectivity index (χ2n) is 3.88. The standard InChI is InChI=1S/C14H10F2N2O2/c1-19-9-3-2-8(7-17)13(4-9)20-14-6-10(15)12(18)5-11(14)16/h2-6H,18H2,1H3. The Balaban J connectivity index is 2.44. The Morgan fingerprint density at radius 1 is 1.10 bits per heavy atom. The van der Waals surface area contributed by atoms with Crippen LogP contribution in [0.25, 0.3) is 0 Å². The molecule has 102 valence electrons. The monoisotopic (exact) mass is 276 g/mol. The molecular weight excluding hydrogens is 266 g/mol. The molecule has 0 atom stereocenters. The molecule has 0 heterocycles. The van der Waals surface area contributed by atoms with Gasteiger partial charge in [0.05, 0.1) is 18.4 Å². The van der Waals surface area contributed by atoms with Crippen LogP contribution in [0.2, 0.25) is 0 Å². The first-order valence-electron chi connectivity index (χ1n) is 5.55. The van der Waals surface area contributed by atoms with Crippen molar-refractivity contribution in [3.63, 3.8) is 0 Å². The van der Waals surface area contributed by atoms with Crippen LogP contribution >= 0.6 is 0 Å². The Hall–Kier alpha value is -2.81. The number of benzene rings is 2. The molecule has 20 heavy (non-hydrogen) atoms. The fourth-order valence-electron chi connectivity index (χ4n) is 1.55. The number of nitriles is 1. The van der Waals surface area contributed by atoms with E-state index in [1.165, 1.54) is 19.2 Å². The van der Waals surface area contributed by atoms with Crippen molar-refractivity contribution in [2.24, 2.45) is 0 Å². The summed E-state index contributed by atoms with van der Waals surface area (Å²) in [4.78, 5) is 0. The predicted octanol–water partition coefficient (Wildman–Crippen LogP) is 3.22. The third-order valence-corrected chi connectivity index (χ3v) is 2.58. The molecule has 2 N–H and O–H groups in total. The normalized spacial score (nSPS) is 9.90. The molecule has 4 nitrogen and oxygen atoms in total. The Labute approximate surface area is 114 Å². The van der Waals surface area contributed by atoms with Gasteiger partial charge in [0.2, 0.25) is 0 Å². The van der Waals surface area contributed by atoms with Gasteiger partial charge in [-0.1, -0.05) is 0 Å². The van der Waals surface area contributed by atoms with Gasteiger partial charge in [-0.2, -0.15) is 5.26 Å². The zero-order valence-corrected chi connectivity index (χ0v) is 10.5. The van der Waals surface area contributed by atoms with E-state index in [0.717, 1.165) is 12.1 Å². The molecule has 2 rings (SSSR count). The number of ether oxygens (including phenoxy) is 2. The first-order chi connectivity index (χ1) is 9.55. The lowest BCUT2D eigenvalue weighted by molar-refractivity contribution is 0.404. The average molecular weight is 276 g/mol. The summed E-state index contributed by atoms with van der Waals surface area (Å²) in [6.07, 6.45) is 0. The van der Waals surface area contributed by atoms with E-state index >= 15 is 0 Å². The Morgan fingerprint density at radius 3 is 2.50 bits per heavy atom. The highest BCUT2D eigenvalue weighted by atomic mass is 19.1. The lowest BCUT2D eigenvalue weighted by Crippen LogP contribution is -1.97. The van der Waals surface area contributed by atoms with Gasteiger partial charge in [-0.15, -0.1) is 0 Å². The van der Waals surface area contributed by atoms with Gasteiger partial charge < -0.3 is 15.2 Å². The molecule has 6 heteroatoms. The van der Waals surface area contributed by atoms with E-state index < -0.39 is 11.6 Å². The lowest BCUT2D eigenvalue weighted by Gasteiger charge is -2.10. The number of anilines is 1. The number of nitrogens with zero attached hydrogens (tertiary/aromatic N) is 1. The van der Waals surface area contributed by atoms with Crippen LogP contribution in [0.15, 0.2) is 30.3 Å². The first kappa shape index (κ1) is 13.6. The molecule has 2 aromatic rings. The quantitative estimate of drug-likeness (QED) is 0.874. The molecule has 0 spiro atoms. The highest BCUT2D eigenvalue weighted by Crippen LogP contribution is 2.32. The second-order valence-corrected chi connectivity index (χ2v) is 3.88. The number of hydrogen-bond acceptors (Lipinski definition) is 4. The maximum absolute atomic E-state index is 13.6. The highest BCUT2D eigenvalue weighted by molar-refractivity contribution is 5.51. The number of hydrogen-bond donors (Lipinski definition) is 1. The summed E-state index contributed by atoms with van der Waals surface area (Å²) in [6.45, 7) is 0. The molecule has 0 aromatic heterocycles. The van der Waals surface area contributed by atoms with Crippen molar-refractivity contribution in [3.05, 3.63) is 47.5 Å². The molecule has 2 aromatic carbocycles. The maximum Gasteiger partial charge on any atom is 0.167 e. The van der Waals surface area contributed by atoms with Crippen LogP contribution in [0.3, 0.4) is 0 Å². The van der Waals surface area contributed by atoms with Crippen LogP contribution in [0.4, 0.5) is 14.5 Å². The predicted molar refractivity (Wildman–Crippen MR) is 68.6 cm³/mol. The fraction of sp³-hybridized carbons (Fsp3) is 0.0714. The van der Waals surface area contributed by atoms with Gasteiger partial charge in [0.15, 0.2) is 11.6 Å². The van der Waals surface area contributed by atoms with Gasteiger partial charge in [0.1, 0.15) is 23.4 Å². The summed E-state index contributed by atoms with van der Waals surface area (Å²) in [5.41, 5.74) is 5.09. The van der Waals surface area contributed by atoms with E-state index in [-0.39, 0.29) is 22.7 Å². The van der Waals surface area contributed by atoms with Crippen molar-refractivity contribution < 1.29 is 18.3 Å². The topological polar surface area (TPSA) is 68.3 Å². The summed E-state index contributed by atoms with van der Waals surface area (Å²) in [5, 5.41) is 8.97. The molecule has 0 aliphatic heterocycles. The first-order valence-corrected chi connectivity index (χ1v) is 5.55. The molecule has 0 amide bonds. The summed E-state index contributed by atoms with van der Waals surface area (Å²) in [7, 11) is 1.44. The largest absolute Gasteiger partial charge is 0.497 e. The van der Waals surface area contributed by atoms with E-state index in [1.807, 2.05) is 6.07 Å². The second kappa shape index (κ2) is 5.45. The van der Waals surface area contributed by atoms with Crippen molar-refractivity contribution in [2.45, 2.75) is 0 Å². The molecule has 0 unspecified atom stereocenters. The molecular formula is C14H10F2N2O2. The van der Waals surface area contributed by atoms with Crippen molar-refractivity contribution in [1.82, 2.24) is 0 Å². The van der Waals surface area contributed by atoms with Crippen molar-refractivity contribution in [3.8, 4) is 23.3 Å². The van der Waals surface area contributed by atoms with Crippen LogP contribution in [0.1, 0.15) is 5.56 Å². The molecule has 0 aliphatic carbocycles. The number of methoxy groups -OCH3 is 1. The minimum absolute atomic E-state index is 0.0647. The molecule has 0 saturated carbocycles. The highest BCUT2D eigenvalue weighted by Gasteiger charge is 2.13. The molecule has 0 saturated heterocycles. The van der Waals surface area contributed by atoms with E-state index in [9.17, 15) is 8.78 Å². The van der Waals surface area contributed by atoms with Gasteiger partial charge in [-0.3, -0.25) is 0 Å². The van der Waals surface area contributed by atoms with Gasteiger partial charge in [0.25, 0.3) is 0 Å². The Morgan fingerprint density at radius 2 is 1.85 bits per heavy atom. The Bertz CT molecular complexity index is 696. The van der Waals surface area contributed by atoms with E-state index in [1.54, 1.807) is 6.07 Å². The van der Waals surface area contributed by atoms with Crippen LogP contribution < -0.4 is 15.2 Å². The van der Waals surface area contributed by atoms with Gasteiger partial charge in [0, 0.05) is 18.2 Å². The van der Waals surface area contributed by atoms with Crippen LogP contribution in [0, 0.1) is 23.0 Å². The van der Waals surface area contributed by atoms with Crippen molar-refractivity contribution >= 4 is 5.69 Å². The number of nitrogens with two attached hydrogens (primary N) is 1. The maximum atomic E-state index is 13.6. The average Bonchev–Trinajstić information content (AvgIpc) is 2.44. The van der Waals surface area contributed by atoms with Crippen molar-refractivity contribution in [2.75, 3.05) is 12.8 Å². The smallest absolute Gasteiger partial charge is 0.167 e. The fourth-order valence-corrected chi connectivity index (χ4v) is 1.55. The summed E-state index contributed by atoms with van der Waals surface area (Å²) < 4.78 is 37.2. The van der Waals surface area contributed by atoms with Gasteiger partial charge in [-0.25, -0.2) is 8.78 Å². The van der Waals surface area contributed by atoms with Crippen molar-refractivity contribution in [1.29, 1.82) is 5.26 Å². The third-order valence-electron chi connectivity index (χ3n) is 2.58. The van der Waals surface area contributed by atoms with Crippen LogP contribution in [0.5, 0.6) is 17.2 Å². The summed E-state index contributed by atoms with van der Waals surface area (Å²) >= 11 is 0. The number of halogens is 2. The van der Waals surface area contributed by atoms with E-state index in [4.69, 9.17) is 20.5 Å². The number of nitrogen functional groups attached to an aromatic ring is 1. The van der Waals surface area contributed by atoms with Crippen LogP contribution in [-0.2, 0) is 0 Å². The molecule has 0 fully saturated rings. The molecule has 0 radical (unpaired) electrons. The minimum Gasteiger partial charge on any atom is -0.497 e. The van der Waals surface area contributed by atoms with Gasteiger partial charge >= 0.3 is 0 Å². The van der Waals surface area contributed by atoms with E-state index in [0.29, 0.717) is 5.75 Å². The number of rotatable bonds is 3. The summed E-state index contributed by atoms with van der Waals surface area (Å²) in [6, 6.07) is 7.96. The zero-order chi connectivity index (χ0) is 14.7. The zero-order valence-electron chi connectivity index (χ0n) is 10.5. The summed E-state index contributed by atoms with van der Waals surface area (Å²) in [5.74, 6) is -1.50. The van der Waals surface area contributed by atoms with E-state index in [2.05, 4.69) is 0 Å². The van der Waals surface area contributed by atoms with Gasteiger partial charge in [-0.05, 0) is 12.1 Å². The third kappa shape index (κ3) is 2.62. The SMILES string of the molecule is COc1ccc(C#N)c(Oc2cc(F)c(N)cc2F)c1. The minimum atomic E-state index is -0.824. The Kier molecular flexibility index (Phi) is 3.71. The molecule has 0 aliphatic rings. The lowest BCUT2D eigenvalue weighted by atomic mass is 10.2. The van der Waals surface area contributed by atoms with Crippen LogP contribution in [-0.4, -0.2) is 7.11 Å². The molecule has 0 bridgehead atoms.